The molecule has 0 aliphatic heterocycles. The van der Waals surface area contributed by atoms with Gasteiger partial charge in [0.15, 0.2) is 0 Å². The number of nitrogens with two attached hydrogens (primary N) is 1. The molecule has 18 heavy (non-hydrogen) atoms. The van der Waals surface area contributed by atoms with Crippen molar-refractivity contribution in [3.63, 3.8) is 0 Å². The average Bonchev–Trinajstić information content (AvgIpc) is 2.75. The minimum atomic E-state index is -0.0903. The Labute approximate surface area is 120 Å². The van der Waals surface area contributed by atoms with Gasteiger partial charge in [0, 0.05) is 9.35 Å². The van der Waals surface area contributed by atoms with Crippen LogP contribution in [0.4, 0.5) is 0 Å². The van der Waals surface area contributed by atoms with Gasteiger partial charge in [0.2, 0.25) is 0 Å². The highest BCUT2D eigenvalue weighted by molar-refractivity contribution is 9.10. The van der Waals surface area contributed by atoms with Crippen LogP contribution < -0.4 is 10.5 Å². The van der Waals surface area contributed by atoms with Gasteiger partial charge in [-0.25, -0.2) is 0 Å². The number of ether oxygens (including phenoxy) is 1. The van der Waals surface area contributed by atoms with Crippen molar-refractivity contribution in [2.45, 2.75) is 26.0 Å². The van der Waals surface area contributed by atoms with Gasteiger partial charge in [-0.2, -0.15) is 0 Å². The molecule has 0 aliphatic carbocycles. The van der Waals surface area contributed by atoms with Gasteiger partial charge < -0.3 is 10.5 Å². The molecule has 2 nitrogen and oxygen atoms in total. The second-order valence-corrected chi connectivity index (χ2v) is 6.15. The SMILES string of the molecule is CC(C)Oc1ccc(C(N)c2sccc2Br)cc1. The van der Waals surface area contributed by atoms with E-state index in [1.54, 1.807) is 11.3 Å². The Balaban J connectivity index is 2.17. The quantitative estimate of drug-likeness (QED) is 0.907. The standard InChI is InChI=1S/C14H16BrNOS/c1-9(2)17-11-5-3-10(4-6-11)13(16)14-12(15)7-8-18-14/h3-9,13H,16H2,1-2H3. The van der Waals surface area contributed by atoms with Crippen molar-refractivity contribution in [3.8, 4) is 5.75 Å². The third kappa shape index (κ3) is 3.13. The first-order valence-corrected chi connectivity index (χ1v) is 7.50. The molecule has 0 bridgehead atoms. The molecule has 2 aromatic rings. The Morgan fingerprint density at radius 2 is 1.83 bits per heavy atom. The lowest BCUT2D eigenvalue weighted by molar-refractivity contribution is 0.242. The van der Waals surface area contributed by atoms with Gasteiger partial charge in [-0.05, 0) is 58.9 Å². The van der Waals surface area contributed by atoms with Crippen LogP contribution >= 0.6 is 27.3 Å². The van der Waals surface area contributed by atoms with E-state index in [0.717, 1.165) is 20.7 Å². The number of benzene rings is 1. The lowest BCUT2D eigenvalue weighted by Gasteiger charge is -2.13. The van der Waals surface area contributed by atoms with Gasteiger partial charge in [-0.1, -0.05) is 12.1 Å². The summed E-state index contributed by atoms with van der Waals surface area (Å²) < 4.78 is 6.69. The minimum absolute atomic E-state index is 0.0903. The molecule has 0 fully saturated rings. The number of thiophene rings is 1. The van der Waals surface area contributed by atoms with Crippen LogP contribution in [0.15, 0.2) is 40.2 Å². The summed E-state index contributed by atoms with van der Waals surface area (Å²) in [4.78, 5) is 1.15. The summed E-state index contributed by atoms with van der Waals surface area (Å²) in [5, 5.41) is 2.04. The van der Waals surface area contributed by atoms with Crippen LogP contribution in [0.25, 0.3) is 0 Å². The number of hydrogen-bond acceptors (Lipinski definition) is 3. The van der Waals surface area contributed by atoms with Crippen molar-refractivity contribution in [1.82, 2.24) is 0 Å². The molecule has 1 heterocycles. The minimum Gasteiger partial charge on any atom is -0.491 e. The molecular formula is C14H16BrNOS. The molecule has 0 spiro atoms. The molecule has 0 amide bonds. The molecule has 4 heteroatoms. The summed E-state index contributed by atoms with van der Waals surface area (Å²) in [6.07, 6.45) is 0.191. The van der Waals surface area contributed by atoms with E-state index in [4.69, 9.17) is 10.5 Å². The van der Waals surface area contributed by atoms with Crippen LogP contribution in [-0.4, -0.2) is 6.10 Å². The molecule has 1 unspecified atom stereocenters. The summed E-state index contributed by atoms with van der Waals surface area (Å²) in [6, 6.07) is 9.92. The van der Waals surface area contributed by atoms with Crippen LogP contribution in [0.3, 0.4) is 0 Å². The summed E-state index contributed by atoms with van der Waals surface area (Å²) in [6.45, 7) is 4.03. The van der Waals surface area contributed by atoms with Gasteiger partial charge in [-0.3, -0.25) is 0 Å². The zero-order chi connectivity index (χ0) is 13.1. The number of halogens is 1. The van der Waals surface area contributed by atoms with Gasteiger partial charge in [0.05, 0.1) is 12.1 Å². The van der Waals surface area contributed by atoms with E-state index in [0.29, 0.717) is 0 Å². The molecule has 1 atom stereocenters. The fourth-order valence-corrected chi connectivity index (χ4v) is 3.35. The highest BCUT2D eigenvalue weighted by Gasteiger charge is 2.13. The highest BCUT2D eigenvalue weighted by atomic mass is 79.9. The summed E-state index contributed by atoms with van der Waals surface area (Å²) >= 11 is 5.18. The van der Waals surface area contributed by atoms with E-state index >= 15 is 0 Å². The number of hydrogen-bond donors (Lipinski definition) is 1. The third-order valence-electron chi connectivity index (χ3n) is 2.54. The van der Waals surface area contributed by atoms with E-state index in [-0.39, 0.29) is 12.1 Å². The summed E-state index contributed by atoms with van der Waals surface area (Å²) in [5.41, 5.74) is 7.34. The molecule has 0 aliphatic rings. The normalized spacial score (nSPS) is 12.7. The first-order chi connectivity index (χ1) is 8.58. The predicted molar refractivity (Wildman–Crippen MR) is 80.3 cm³/mol. The second kappa shape index (κ2) is 5.87. The van der Waals surface area contributed by atoms with Crippen molar-refractivity contribution in [2.24, 2.45) is 5.73 Å². The molecular weight excluding hydrogens is 310 g/mol. The average molecular weight is 326 g/mol. The molecule has 96 valence electrons. The molecule has 1 aromatic carbocycles. The third-order valence-corrected chi connectivity index (χ3v) is 4.49. The van der Waals surface area contributed by atoms with Crippen LogP contribution in [0.2, 0.25) is 0 Å². The zero-order valence-electron chi connectivity index (χ0n) is 10.4. The Hall–Kier alpha value is -0.840. The monoisotopic (exact) mass is 325 g/mol. The maximum absolute atomic E-state index is 6.25. The molecule has 2 rings (SSSR count). The molecule has 0 radical (unpaired) electrons. The largest absolute Gasteiger partial charge is 0.491 e. The van der Waals surface area contributed by atoms with Gasteiger partial charge in [0.25, 0.3) is 0 Å². The Kier molecular flexibility index (Phi) is 4.43. The highest BCUT2D eigenvalue weighted by Crippen LogP contribution is 2.32. The van der Waals surface area contributed by atoms with Crippen molar-refractivity contribution < 1.29 is 4.74 Å². The smallest absolute Gasteiger partial charge is 0.119 e. The number of rotatable bonds is 4. The Morgan fingerprint density at radius 1 is 1.17 bits per heavy atom. The maximum atomic E-state index is 6.25. The van der Waals surface area contributed by atoms with E-state index in [1.165, 1.54) is 0 Å². The first-order valence-electron chi connectivity index (χ1n) is 5.83. The molecule has 1 aromatic heterocycles. The molecule has 0 saturated heterocycles. The van der Waals surface area contributed by atoms with Crippen LogP contribution in [0, 0.1) is 0 Å². The van der Waals surface area contributed by atoms with Gasteiger partial charge in [0.1, 0.15) is 5.75 Å². The van der Waals surface area contributed by atoms with Crippen LogP contribution in [0.5, 0.6) is 5.75 Å². The van der Waals surface area contributed by atoms with E-state index in [1.807, 2.05) is 49.6 Å². The van der Waals surface area contributed by atoms with Crippen molar-refractivity contribution >= 4 is 27.3 Å². The van der Waals surface area contributed by atoms with Crippen molar-refractivity contribution in [2.75, 3.05) is 0 Å². The lowest BCUT2D eigenvalue weighted by atomic mass is 10.1. The van der Waals surface area contributed by atoms with Crippen molar-refractivity contribution in [3.05, 3.63) is 50.6 Å². The zero-order valence-corrected chi connectivity index (χ0v) is 12.8. The predicted octanol–water partition coefficient (Wildman–Crippen LogP) is 4.35. The van der Waals surface area contributed by atoms with Gasteiger partial charge >= 0.3 is 0 Å². The summed E-state index contributed by atoms with van der Waals surface area (Å²) in [7, 11) is 0. The van der Waals surface area contributed by atoms with E-state index < -0.39 is 0 Å². The van der Waals surface area contributed by atoms with Crippen LogP contribution in [0.1, 0.15) is 30.3 Å². The Morgan fingerprint density at radius 3 is 2.33 bits per heavy atom. The van der Waals surface area contributed by atoms with E-state index in [2.05, 4.69) is 15.9 Å². The van der Waals surface area contributed by atoms with E-state index in [9.17, 15) is 0 Å². The maximum Gasteiger partial charge on any atom is 0.119 e. The van der Waals surface area contributed by atoms with Gasteiger partial charge in [-0.15, -0.1) is 11.3 Å². The fraction of sp³-hybridized carbons (Fsp3) is 0.286. The molecule has 2 N–H and O–H groups in total. The van der Waals surface area contributed by atoms with Crippen molar-refractivity contribution in [1.29, 1.82) is 0 Å². The topological polar surface area (TPSA) is 35.2 Å². The lowest BCUT2D eigenvalue weighted by Crippen LogP contribution is -2.11. The Bertz CT molecular complexity index is 507. The first kappa shape index (κ1) is 13.6. The summed E-state index contributed by atoms with van der Waals surface area (Å²) in [5.74, 6) is 0.881. The molecule has 0 saturated carbocycles. The van der Waals surface area contributed by atoms with Crippen LogP contribution in [-0.2, 0) is 0 Å². The second-order valence-electron chi connectivity index (χ2n) is 4.35. The fourth-order valence-electron chi connectivity index (χ4n) is 1.70.